The lowest BCUT2D eigenvalue weighted by Gasteiger charge is -2.10. The minimum Gasteiger partial charge on any atom is -0.480 e. The Balaban J connectivity index is 4.23. The van der Waals surface area contributed by atoms with Crippen molar-refractivity contribution in [1.82, 2.24) is 5.32 Å². The standard InChI is InChI=1S/C8H11NO5S/c1-15-4-5(8(13)14)9-6(10)2-3-7(11)12/h2-3,5H,4H2,1H3,(H,9,10)(H,11,12)(H,13,14). The van der Waals surface area contributed by atoms with E-state index < -0.39 is 23.9 Å². The molecule has 7 heteroatoms. The van der Waals surface area contributed by atoms with Gasteiger partial charge in [0.2, 0.25) is 5.91 Å². The predicted molar refractivity (Wildman–Crippen MR) is 54.7 cm³/mol. The Kier molecular flexibility index (Phi) is 6.19. The Bertz CT molecular complexity index is 289. The maximum absolute atomic E-state index is 11.0. The number of amides is 1. The summed E-state index contributed by atoms with van der Waals surface area (Å²) in [7, 11) is 0. The van der Waals surface area contributed by atoms with Crippen LogP contribution in [0.25, 0.3) is 0 Å². The van der Waals surface area contributed by atoms with E-state index in [0.717, 1.165) is 6.08 Å². The molecular weight excluding hydrogens is 222 g/mol. The molecule has 0 aromatic heterocycles. The molecule has 1 atom stereocenters. The average Bonchev–Trinajstić information content (AvgIpc) is 2.14. The van der Waals surface area contributed by atoms with Crippen LogP contribution in [0.5, 0.6) is 0 Å². The molecule has 0 aliphatic carbocycles. The fourth-order valence-corrected chi connectivity index (χ4v) is 1.27. The number of carboxylic acid groups (broad SMARTS) is 2. The monoisotopic (exact) mass is 233 g/mol. The van der Waals surface area contributed by atoms with E-state index in [1.165, 1.54) is 11.8 Å². The third-order valence-electron chi connectivity index (χ3n) is 1.33. The van der Waals surface area contributed by atoms with Crippen LogP contribution in [0.4, 0.5) is 0 Å². The van der Waals surface area contributed by atoms with Gasteiger partial charge in [0.15, 0.2) is 0 Å². The maximum atomic E-state index is 11.0. The third-order valence-corrected chi connectivity index (χ3v) is 1.99. The maximum Gasteiger partial charge on any atom is 0.328 e. The van der Waals surface area contributed by atoms with Crippen LogP contribution in [0, 0.1) is 0 Å². The molecule has 0 saturated carbocycles. The summed E-state index contributed by atoms with van der Waals surface area (Å²) in [6, 6.07) is -1.01. The molecule has 0 bridgehead atoms. The van der Waals surface area contributed by atoms with Gasteiger partial charge in [-0.2, -0.15) is 11.8 Å². The highest BCUT2D eigenvalue weighted by molar-refractivity contribution is 7.98. The molecule has 0 aliphatic rings. The zero-order chi connectivity index (χ0) is 11.8. The summed E-state index contributed by atoms with van der Waals surface area (Å²) in [6.07, 6.45) is 3.13. The minimum absolute atomic E-state index is 0.224. The molecule has 6 nitrogen and oxygen atoms in total. The molecule has 0 fully saturated rings. The van der Waals surface area contributed by atoms with Crippen molar-refractivity contribution in [3.05, 3.63) is 12.2 Å². The van der Waals surface area contributed by atoms with Crippen molar-refractivity contribution in [2.75, 3.05) is 12.0 Å². The van der Waals surface area contributed by atoms with E-state index >= 15 is 0 Å². The molecular formula is C8H11NO5S. The van der Waals surface area contributed by atoms with Gasteiger partial charge >= 0.3 is 11.9 Å². The van der Waals surface area contributed by atoms with Crippen molar-refractivity contribution < 1.29 is 24.6 Å². The predicted octanol–water partition coefficient (Wildman–Crippen LogP) is -0.440. The van der Waals surface area contributed by atoms with Crippen LogP contribution in [-0.4, -0.2) is 46.1 Å². The normalized spacial score (nSPS) is 12.3. The molecule has 0 aliphatic heterocycles. The van der Waals surface area contributed by atoms with E-state index in [0.29, 0.717) is 6.08 Å². The summed E-state index contributed by atoms with van der Waals surface area (Å²) in [5, 5.41) is 19.0. The summed E-state index contributed by atoms with van der Waals surface area (Å²) in [4.78, 5) is 31.7. The first-order chi connectivity index (χ1) is 6.97. The van der Waals surface area contributed by atoms with Gasteiger partial charge in [-0.05, 0) is 6.26 Å². The number of hydrogen-bond acceptors (Lipinski definition) is 4. The van der Waals surface area contributed by atoms with Gasteiger partial charge in [-0.25, -0.2) is 9.59 Å². The molecule has 0 heterocycles. The highest BCUT2D eigenvalue weighted by Crippen LogP contribution is 1.97. The topological polar surface area (TPSA) is 104 Å². The van der Waals surface area contributed by atoms with E-state index in [1.807, 2.05) is 0 Å². The zero-order valence-electron chi connectivity index (χ0n) is 7.97. The lowest BCUT2D eigenvalue weighted by molar-refractivity contribution is -0.140. The van der Waals surface area contributed by atoms with Crippen molar-refractivity contribution in [2.45, 2.75) is 6.04 Å². The molecule has 0 aromatic rings. The second kappa shape index (κ2) is 6.88. The fraction of sp³-hybridized carbons (Fsp3) is 0.375. The number of thioether (sulfide) groups is 1. The van der Waals surface area contributed by atoms with E-state index in [2.05, 4.69) is 5.32 Å². The molecule has 1 unspecified atom stereocenters. The van der Waals surface area contributed by atoms with E-state index in [-0.39, 0.29) is 5.75 Å². The minimum atomic E-state index is -1.26. The van der Waals surface area contributed by atoms with E-state index in [1.54, 1.807) is 6.26 Å². The molecule has 15 heavy (non-hydrogen) atoms. The van der Waals surface area contributed by atoms with Crippen LogP contribution in [0.15, 0.2) is 12.2 Å². The SMILES string of the molecule is CSCC(NC(=O)C=CC(=O)O)C(=O)O. The molecule has 0 aromatic carbocycles. The van der Waals surface area contributed by atoms with Crippen LogP contribution < -0.4 is 5.32 Å². The lowest BCUT2D eigenvalue weighted by atomic mass is 10.3. The van der Waals surface area contributed by atoms with Crippen molar-refractivity contribution in [1.29, 1.82) is 0 Å². The lowest BCUT2D eigenvalue weighted by Crippen LogP contribution is -2.41. The summed E-state index contributed by atoms with van der Waals surface area (Å²) in [5.41, 5.74) is 0. The molecule has 0 saturated heterocycles. The number of aliphatic carboxylic acids is 2. The first kappa shape index (κ1) is 13.5. The van der Waals surface area contributed by atoms with Crippen LogP contribution in [-0.2, 0) is 14.4 Å². The Labute approximate surface area is 90.4 Å². The van der Waals surface area contributed by atoms with Gasteiger partial charge in [0.05, 0.1) is 0 Å². The number of carbonyl (C=O) groups excluding carboxylic acids is 1. The van der Waals surface area contributed by atoms with E-state index in [9.17, 15) is 14.4 Å². The van der Waals surface area contributed by atoms with E-state index in [4.69, 9.17) is 10.2 Å². The molecule has 0 spiro atoms. The highest BCUT2D eigenvalue weighted by Gasteiger charge is 2.17. The largest absolute Gasteiger partial charge is 0.480 e. The van der Waals surface area contributed by atoms with Gasteiger partial charge in [-0.1, -0.05) is 0 Å². The molecule has 3 N–H and O–H groups in total. The van der Waals surface area contributed by atoms with Crippen LogP contribution >= 0.6 is 11.8 Å². The molecule has 1 amide bonds. The average molecular weight is 233 g/mol. The van der Waals surface area contributed by atoms with Gasteiger partial charge in [0.1, 0.15) is 6.04 Å². The van der Waals surface area contributed by atoms with Crippen LogP contribution in [0.2, 0.25) is 0 Å². The summed E-state index contributed by atoms with van der Waals surface area (Å²) in [5.74, 6) is -2.93. The highest BCUT2D eigenvalue weighted by atomic mass is 32.2. The third kappa shape index (κ3) is 6.55. The Morgan fingerprint density at radius 3 is 2.33 bits per heavy atom. The first-order valence-electron chi connectivity index (χ1n) is 3.90. The van der Waals surface area contributed by atoms with Crippen molar-refractivity contribution in [3.63, 3.8) is 0 Å². The summed E-state index contributed by atoms with van der Waals surface area (Å²) >= 11 is 1.27. The molecule has 84 valence electrons. The Hall–Kier alpha value is -1.50. The number of carboxylic acids is 2. The quantitative estimate of drug-likeness (QED) is 0.537. The van der Waals surface area contributed by atoms with Crippen molar-refractivity contribution >= 4 is 29.6 Å². The summed E-state index contributed by atoms with van der Waals surface area (Å²) < 4.78 is 0. The second-order valence-electron chi connectivity index (χ2n) is 2.53. The van der Waals surface area contributed by atoms with Gasteiger partial charge < -0.3 is 15.5 Å². The molecule has 0 rings (SSSR count). The number of nitrogens with one attached hydrogen (secondary N) is 1. The second-order valence-corrected chi connectivity index (χ2v) is 3.44. The van der Waals surface area contributed by atoms with Gasteiger partial charge in [0, 0.05) is 17.9 Å². The first-order valence-corrected chi connectivity index (χ1v) is 5.30. The van der Waals surface area contributed by atoms with Crippen LogP contribution in [0.1, 0.15) is 0 Å². The van der Waals surface area contributed by atoms with Gasteiger partial charge in [0.25, 0.3) is 0 Å². The number of carbonyl (C=O) groups is 3. The number of hydrogen-bond donors (Lipinski definition) is 3. The smallest absolute Gasteiger partial charge is 0.328 e. The van der Waals surface area contributed by atoms with Crippen LogP contribution in [0.3, 0.4) is 0 Å². The van der Waals surface area contributed by atoms with Gasteiger partial charge in [-0.15, -0.1) is 0 Å². The Morgan fingerprint density at radius 2 is 1.93 bits per heavy atom. The van der Waals surface area contributed by atoms with Crippen molar-refractivity contribution in [3.8, 4) is 0 Å². The number of rotatable bonds is 6. The zero-order valence-corrected chi connectivity index (χ0v) is 8.78. The Morgan fingerprint density at radius 1 is 1.33 bits per heavy atom. The summed E-state index contributed by atoms with van der Waals surface area (Å²) in [6.45, 7) is 0. The van der Waals surface area contributed by atoms with Crippen molar-refractivity contribution in [2.24, 2.45) is 0 Å². The van der Waals surface area contributed by atoms with Gasteiger partial charge in [-0.3, -0.25) is 4.79 Å². The molecule has 0 radical (unpaired) electrons. The fourth-order valence-electron chi connectivity index (χ4n) is 0.708.